The third-order valence-electron chi connectivity index (χ3n) is 3.23. The molecule has 5 nitrogen and oxygen atoms in total. The van der Waals surface area contributed by atoms with Gasteiger partial charge in [0, 0.05) is 6.07 Å². The van der Waals surface area contributed by atoms with Gasteiger partial charge in [0.15, 0.2) is 17.8 Å². The highest BCUT2D eigenvalue weighted by atomic mass is 16.7. The number of aliphatic hydroxyl groups is 1. The summed E-state index contributed by atoms with van der Waals surface area (Å²) in [5.41, 5.74) is 2.21. The van der Waals surface area contributed by atoms with Crippen LogP contribution in [0.5, 0.6) is 17.2 Å². The van der Waals surface area contributed by atoms with Crippen LogP contribution in [0.4, 0.5) is 0 Å². The highest BCUT2D eigenvalue weighted by molar-refractivity contribution is 5.81. The van der Waals surface area contributed by atoms with Crippen molar-refractivity contribution in [2.45, 2.75) is 13.2 Å². The third-order valence-corrected chi connectivity index (χ3v) is 3.23. The zero-order valence-corrected chi connectivity index (χ0v) is 11.2. The molecule has 2 aromatic rings. The summed E-state index contributed by atoms with van der Waals surface area (Å²) in [6.45, 7) is 0.491. The number of benzene rings is 2. The van der Waals surface area contributed by atoms with Crippen molar-refractivity contribution in [1.82, 2.24) is 0 Å². The van der Waals surface area contributed by atoms with Gasteiger partial charge in [-0.25, -0.2) is 0 Å². The van der Waals surface area contributed by atoms with Gasteiger partial charge in [-0.1, -0.05) is 24.3 Å². The molecule has 0 saturated heterocycles. The van der Waals surface area contributed by atoms with Gasteiger partial charge >= 0.3 is 0 Å². The number of carbonyl (C=O) groups is 1. The lowest BCUT2D eigenvalue weighted by atomic mass is 10.1. The number of hydrogen-bond donors (Lipinski definition) is 1. The van der Waals surface area contributed by atoms with E-state index in [-0.39, 0.29) is 13.4 Å². The minimum Gasteiger partial charge on any atom is -0.488 e. The topological polar surface area (TPSA) is 65.0 Å². The summed E-state index contributed by atoms with van der Waals surface area (Å²) in [6, 6.07) is 10.7. The van der Waals surface area contributed by atoms with Crippen molar-refractivity contribution in [2.24, 2.45) is 0 Å². The Morgan fingerprint density at radius 1 is 1.10 bits per heavy atom. The summed E-state index contributed by atoms with van der Waals surface area (Å²) in [6.07, 6.45) is 0.728. The Morgan fingerprint density at radius 3 is 2.43 bits per heavy atom. The van der Waals surface area contributed by atoms with Gasteiger partial charge in [-0.15, -0.1) is 0 Å². The van der Waals surface area contributed by atoms with Crippen molar-refractivity contribution in [3.05, 3.63) is 53.1 Å². The van der Waals surface area contributed by atoms with Gasteiger partial charge in [-0.05, 0) is 17.2 Å². The zero-order chi connectivity index (χ0) is 14.7. The van der Waals surface area contributed by atoms with E-state index in [0.29, 0.717) is 29.4 Å². The van der Waals surface area contributed by atoms with Crippen LogP contribution >= 0.6 is 0 Å². The molecule has 21 heavy (non-hydrogen) atoms. The van der Waals surface area contributed by atoms with Crippen LogP contribution < -0.4 is 14.2 Å². The second kappa shape index (κ2) is 5.85. The quantitative estimate of drug-likeness (QED) is 0.854. The van der Waals surface area contributed by atoms with Gasteiger partial charge in [0.1, 0.15) is 12.4 Å². The van der Waals surface area contributed by atoms with E-state index in [9.17, 15) is 4.79 Å². The predicted octanol–water partition coefficient (Wildman–Crippen LogP) is 2.30. The highest BCUT2D eigenvalue weighted by Crippen LogP contribution is 2.37. The van der Waals surface area contributed by atoms with Crippen molar-refractivity contribution in [2.75, 3.05) is 6.79 Å². The van der Waals surface area contributed by atoms with Crippen molar-refractivity contribution >= 4 is 6.29 Å². The number of aliphatic hydroxyl groups excluding tert-OH is 1. The zero-order valence-electron chi connectivity index (χ0n) is 11.2. The SMILES string of the molecule is O=Cc1cc2c(cc1OCc1ccc(CO)cc1)OCO2. The molecule has 1 aliphatic rings. The average molecular weight is 286 g/mol. The molecule has 0 spiro atoms. The fourth-order valence-corrected chi connectivity index (χ4v) is 2.06. The number of hydrogen-bond acceptors (Lipinski definition) is 5. The molecule has 108 valence electrons. The van der Waals surface area contributed by atoms with Crippen molar-refractivity contribution < 1.29 is 24.1 Å². The number of aldehydes is 1. The van der Waals surface area contributed by atoms with Crippen LogP contribution in [0.25, 0.3) is 0 Å². The van der Waals surface area contributed by atoms with Crippen LogP contribution in [0.15, 0.2) is 36.4 Å². The summed E-state index contributed by atoms with van der Waals surface area (Å²) < 4.78 is 16.2. The Morgan fingerprint density at radius 2 is 1.76 bits per heavy atom. The largest absolute Gasteiger partial charge is 0.488 e. The Labute approximate surface area is 121 Å². The molecule has 3 rings (SSSR count). The molecule has 2 aromatic carbocycles. The van der Waals surface area contributed by atoms with E-state index in [4.69, 9.17) is 19.3 Å². The van der Waals surface area contributed by atoms with E-state index in [1.807, 2.05) is 24.3 Å². The number of rotatable bonds is 5. The molecule has 1 aliphatic heterocycles. The molecule has 0 bridgehead atoms. The second-order valence-corrected chi connectivity index (χ2v) is 4.62. The maximum absolute atomic E-state index is 11.1. The highest BCUT2D eigenvalue weighted by Gasteiger charge is 2.17. The first-order valence-corrected chi connectivity index (χ1v) is 6.50. The summed E-state index contributed by atoms with van der Waals surface area (Å²) in [5.74, 6) is 1.59. The van der Waals surface area contributed by atoms with Crippen LogP contribution in [-0.2, 0) is 13.2 Å². The van der Waals surface area contributed by atoms with Gasteiger partial charge in [0.05, 0.1) is 12.2 Å². The Bertz CT molecular complexity index is 648. The molecule has 0 aromatic heterocycles. The van der Waals surface area contributed by atoms with E-state index in [1.54, 1.807) is 12.1 Å². The minimum absolute atomic E-state index is 0.0125. The lowest BCUT2D eigenvalue weighted by Crippen LogP contribution is -1.99. The normalized spacial score (nSPS) is 12.2. The Kier molecular flexibility index (Phi) is 3.75. The standard InChI is InChI=1S/C16H14O5/c17-7-11-1-3-12(4-2-11)9-19-14-6-16-15(20-10-21-16)5-13(14)8-18/h1-6,8,17H,7,9-10H2. The fourth-order valence-electron chi connectivity index (χ4n) is 2.06. The predicted molar refractivity (Wildman–Crippen MR) is 74.6 cm³/mol. The smallest absolute Gasteiger partial charge is 0.231 e. The monoisotopic (exact) mass is 286 g/mol. The molecule has 0 amide bonds. The third kappa shape index (κ3) is 2.83. The Balaban J connectivity index is 1.76. The molecule has 1 heterocycles. The second-order valence-electron chi connectivity index (χ2n) is 4.62. The van der Waals surface area contributed by atoms with Gasteiger partial charge < -0.3 is 19.3 Å². The van der Waals surface area contributed by atoms with Gasteiger partial charge in [-0.2, -0.15) is 0 Å². The molecule has 1 N–H and O–H groups in total. The van der Waals surface area contributed by atoms with Crippen molar-refractivity contribution in [3.8, 4) is 17.2 Å². The summed E-state index contributed by atoms with van der Waals surface area (Å²) in [5, 5.41) is 9.00. The summed E-state index contributed by atoms with van der Waals surface area (Å²) in [4.78, 5) is 11.1. The van der Waals surface area contributed by atoms with Crippen LogP contribution in [0.1, 0.15) is 21.5 Å². The van der Waals surface area contributed by atoms with Crippen molar-refractivity contribution in [1.29, 1.82) is 0 Å². The number of carbonyl (C=O) groups excluding carboxylic acids is 1. The first kappa shape index (κ1) is 13.5. The van der Waals surface area contributed by atoms with Crippen LogP contribution in [0, 0.1) is 0 Å². The van der Waals surface area contributed by atoms with E-state index < -0.39 is 0 Å². The maximum Gasteiger partial charge on any atom is 0.231 e. The molecule has 0 unspecified atom stereocenters. The molecular weight excluding hydrogens is 272 g/mol. The van der Waals surface area contributed by atoms with Crippen LogP contribution in [0.3, 0.4) is 0 Å². The van der Waals surface area contributed by atoms with E-state index in [2.05, 4.69) is 0 Å². The fraction of sp³-hybridized carbons (Fsp3) is 0.188. The van der Waals surface area contributed by atoms with Gasteiger partial charge in [0.2, 0.25) is 6.79 Å². The van der Waals surface area contributed by atoms with Crippen molar-refractivity contribution in [3.63, 3.8) is 0 Å². The van der Waals surface area contributed by atoms with E-state index in [0.717, 1.165) is 17.4 Å². The molecule has 0 atom stereocenters. The van der Waals surface area contributed by atoms with E-state index in [1.165, 1.54) is 0 Å². The number of fused-ring (bicyclic) bond motifs is 1. The maximum atomic E-state index is 11.1. The van der Waals surface area contributed by atoms with Gasteiger partial charge in [0.25, 0.3) is 0 Å². The van der Waals surface area contributed by atoms with E-state index >= 15 is 0 Å². The lowest BCUT2D eigenvalue weighted by Gasteiger charge is -2.10. The van der Waals surface area contributed by atoms with Crippen LogP contribution in [0.2, 0.25) is 0 Å². The molecule has 0 fully saturated rings. The molecular formula is C16H14O5. The molecule has 0 saturated carbocycles. The van der Waals surface area contributed by atoms with Crippen LogP contribution in [-0.4, -0.2) is 18.2 Å². The molecule has 0 radical (unpaired) electrons. The van der Waals surface area contributed by atoms with Gasteiger partial charge in [-0.3, -0.25) is 4.79 Å². The molecule has 0 aliphatic carbocycles. The number of ether oxygens (including phenoxy) is 3. The first-order chi connectivity index (χ1) is 10.3. The summed E-state index contributed by atoms with van der Waals surface area (Å²) >= 11 is 0. The minimum atomic E-state index is 0.0125. The molecule has 5 heteroatoms. The Hall–Kier alpha value is -2.53. The lowest BCUT2D eigenvalue weighted by molar-refractivity contribution is 0.111. The first-order valence-electron chi connectivity index (χ1n) is 6.50. The average Bonchev–Trinajstić information content (AvgIpc) is 2.99. The summed E-state index contributed by atoms with van der Waals surface area (Å²) in [7, 11) is 0.